The third kappa shape index (κ3) is 6.80. The normalized spacial score (nSPS) is 10.6. The fourth-order valence-electron chi connectivity index (χ4n) is 3.13. The van der Waals surface area contributed by atoms with Crippen LogP contribution in [0.15, 0.2) is 24.3 Å². The molecule has 0 aliphatic rings. The zero-order valence-corrected chi connectivity index (χ0v) is 25.5. The van der Waals surface area contributed by atoms with Crippen molar-refractivity contribution in [3.8, 4) is 0 Å². The molecule has 0 aliphatic heterocycles. The fourth-order valence-corrected chi connectivity index (χ4v) is 8.24. The number of halogens is 3. The van der Waals surface area contributed by atoms with Crippen LogP contribution in [0.1, 0.15) is 42.6 Å². The van der Waals surface area contributed by atoms with E-state index in [1.165, 1.54) is 23.6 Å². The highest BCUT2D eigenvalue weighted by Crippen LogP contribution is 2.42. The first-order valence-corrected chi connectivity index (χ1v) is 13.4. The predicted molar refractivity (Wildman–Crippen MR) is 158 cm³/mol. The molecule has 3 amide bonds. The van der Waals surface area contributed by atoms with E-state index in [1.54, 1.807) is 26.2 Å². The van der Waals surface area contributed by atoms with Gasteiger partial charge in [-0.05, 0) is 98.3 Å². The molecule has 11 heteroatoms. The van der Waals surface area contributed by atoms with Crippen LogP contribution in [0.3, 0.4) is 0 Å². The Hall–Kier alpha value is -1.49. The molecule has 2 N–H and O–H groups in total. The van der Waals surface area contributed by atoms with E-state index < -0.39 is 5.97 Å². The number of nitrogens with zero attached hydrogens (tertiary/aromatic N) is 2. The summed E-state index contributed by atoms with van der Waals surface area (Å²) in [4.78, 5) is 51.4. The summed E-state index contributed by atoms with van der Waals surface area (Å²) in [5.41, 5.74) is 3.07. The molecule has 0 fully saturated rings. The topological polar surface area (TPSA) is 107 Å². The Kier molecular flexibility index (Phi) is 10.5. The van der Waals surface area contributed by atoms with Crippen LogP contribution in [0, 0.1) is 10.7 Å². The number of rotatable bonds is 8. The molecule has 0 saturated heterocycles. The number of carbonyl (C=O) groups excluding carboxylic acids is 3. The SMILES string of the molecule is CC(=O)N(C)c1c(I)c(C(=O)Nc2ccc(CCCC(=O)O)cc2)c(I)c(N(C)C(C)=O)c1I. The molecule has 0 saturated carbocycles. The van der Waals surface area contributed by atoms with E-state index in [4.69, 9.17) is 5.11 Å². The van der Waals surface area contributed by atoms with Gasteiger partial charge in [0.2, 0.25) is 11.8 Å². The Morgan fingerprint density at radius 1 is 0.853 bits per heavy atom. The molecule has 0 heterocycles. The molecule has 0 aromatic heterocycles. The van der Waals surface area contributed by atoms with Crippen molar-refractivity contribution < 1.29 is 24.3 Å². The second-order valence-corrected chi connectivity index (χ2v) is 10.8. The minimum absolute atomic E-state index is 0.107. The van der Waals surface area contributed by atoms with Crippen LogP contribution in [0.2, 0.25) is 0 Å². The minimum Gasteiger partial charge on any atom is -0.481 e. The van der Waals surface area contributed by atoms with Crippen molar-refractivity contribution in [1.29, 1.82) is 0 Å². The largest absolute Gasteiger partial charge is 0.481 e. The Balaban J connectivity index is 2.47. The Bertz CT molecular complexity index is 1090. The van der Waals surface area contributed by atoms with Gasteiger partial charge in [0.15, 0.2) is 0 Å². The molecule has 8 nitrogen and oxygen atoms in total. The standard InChI is InChI=1S/C23H24I3N3O5/c1-12(30)28(3)21-18(24)17(19(25)22(20(21)26)29(4)13(2)31)23(34)27-15-10-8-14(9-11-15)6-5-7-16(32)33/h8-11H,5-7H2,1-4H3,(H,27,34)(H,32,33). The van der Waals surface area contributed by atoms with E-state index in [-0.39, 0.29) is 24.1 Å². The van der Waals surface area contributed by atoms with Crippen molar-refractivity contribution in [2.45, 2.75) is 33.1 Å². The first-order chi connectivity index (χ1) is 15.9. The van der Waals surface area contributed by atoms with Crippen LogP contribution in [0.4, 0.5) is 17.1 Å². The Labute approximate surface area is 239 Å². The van der Waals surface area contributed by atoms with Crippen LogP contribution < -0.4 is 15.1 Å². The van der Waals surface area contributed by atoms with Crippen molar-refractivity contribution in [3.63, 3.8) is 0 Å². The monoisotopic (exact) mass is 803 g/mol. The van der Waals surface area contributed by atoms with E-state index in [0.717, 1.165) is 5.56 Å². The quantitative estimate of drug-likeness (QED) is 0.361. The maximum absolute atomic E-state index is 13.4. The summed E-state index contributed by atoms with van der Waals surface area (Å²) < 4.78 is 1.91. The molecule has 0 aliphatic carbocycles. The van der Waals surface area contributed by atoms with Crippen LogP contribution >= 0.6 is 67.8 Å². The molecule has 2 aromatic carbocycles. The molecular weight excluding hydrogens is 779 g/mol. The third-order valence-corrected chi connectivity index (χ3v) is 8.30. The lowest BCUT2D eigenvalue weighted by Gasteiger charge is -2.27. The van der Waals surface area contributed by atoms with Crippen molar-refractivity contribution in [1.82, 2.24) is 0 Å². The molecule has 0 unspecified atom stereocenters. The average molecular weight is 803 g/mol. The van der Waals surface area contributed by atoms with Gasteiger partial charge in [-0.3, -0.25) is 19.2 Å². The number of anilines is 3. The molecule has 2 rings (SSSR count). The van der Waals surface area contributed by atoms with E-state index >= 15 is 0 Å². The smallest absolute Gasteiger partial charge is 0.303 e. The van der Waals surface area contributed by atoms with Crippen molar-refractivity contribution in [2.75, 3.05) is 29.2 Å². The first-order valence-electron chi connectivity index (χ1n) is 10.2. The zero-order valence-electron chi connectivity index (χ0n) is 19.0. The minimum atomic E-state index is -0.824. The highest BCUT2D eigenvalue weighted by Gasteiger charge is 2.29. The number of carbonyl (C=O) groups is 4. The van der Waals surface area contributed by atoms with E-state index in [9.17, 15) is 19.2 Å². The third-order valence-electron chi connectivity index (χ3n) is 5.18. The molecular formula is C23H24I3N3O5. The van der Waals surface area contributed by atoms with Gasteiger partial charge in [-0.2, -0.15) is 0 Å². The molecule has 34 heavy (non-hydrogen) atoms. The molecule has 2 aromatic rings. The molecule has 0 spiro atoms. The van der Waals surface area contributed by atoms with Crippen molar-refractivity contribution >= 4 is 109 Å². The lowest BCUT2D eigenvalue weighted by molar-refractivity contribution is -0.137. The Morgan fingerprint density at radius 2 is 1.32 bits per heavy atom. The summed E-state index contributed by atoms with van der Waals surface area (Å²) >= 11 is 6.24. The van der Waals surface area contributed by atoms with Crippen LogP contribution in [0.5, 0.6) is 0 Å². The number of hydrogen-bond donors (Lipinski definition) is 2. The first kappa shape index (κ1) is 28.7. The van der Waals surface area contributed by atoms with Gasteiger partial charge in [0.25, 0.3) is 5.91 Å². The second kappa shape index (κ2) is 12.5. The summed E-state index contributed by atoms with van der Waals surface area (Å²) in [5.74, 6) is -1.58. The Morgan fingerprint density at radius 3 is 1.74 bits per heavy atom. The molecule has 0 radical (unpaired) electrons. The number of hydrogen-bond acceptors (Lipinski definition) is 4. The highest BCUT2D eigenvalue weighted by atomic mass is 127. The van der Waals surface area contributed by atoms with Gasteiger partial charge in [-0.25, -0.2) is 0 Å². The fraction of sp³-hybridized carbons (Fsp3) is 0.304. The highest BCUT2D eigenvalue weighted by molar-refractivity contribution is 14.1. The van der Waals surface area contributed by atoms with Crippen LogP contribution in [-0.4, -0.2) is 42.9 Å². The zero-order chi connectivity index (χ0) is 25.7. The van der Waals surface area contributed by atoms with E-state index in [2.05, 4.69) is 73.1 Å². The molecule has 0 bridgehead atoms. The van der Waals surface area contributed by atoms with Gasteiger partial charge in [0.05, 0.1) is 27.6 Å². The average Bonchev–Trinajstić information content (AvgIpc) is 2.74. The number of amides is 3. The van der Waals surface area contributed by atoms with E-state index in [0.29, 0.717) is 46.2 Å². The summed E-state index contributed by atoms with van der Waals surface area (Å²) in [6.45, 7) is 2.88. The number of aliphatic carboxylic acids is 1. The van der Waals surface area contributed by atoms with Crippen molar-refractivity contribution in [2.24, 2.45) is 0 Å². The molecule has 182 valence electrons. The van der Waals surface area contributed by atoms with Crippen LogP contribution in [-0.2, 0) is 20.8 Å². The maximum Gasteiger partial charge on any atom is 0.303 e. The lowest BCUT2D eigenvalue weighted by atomic mass is 10.1. The van der Waals surface area contributed by atoms with Gasteiger partial charge < -0.3 is 20.2 Å². The van der Waals surface area contributed by atoms with Gasteiger partial charge in [0, 0.05) is 40.1 Å². The lowest BCUT2D eigenvalue weighted by Crippen LogP contribution is -2.31. The molecule has 0 atom stereocenters. The summed E-state index contributed by atoms with van der Waals surface area (Å²) in [6, 6.07) is 7.24. The number of aryl methyl sites for hydroxylation is 1. The number of nitrogens with one attached hydrogen (secondary N) is 1. The second-order valence-electron chi connectivity index (χ2n) is 7.57. The summed E-state index contributed by atoms with van der Waals surface area (Å²) in [5, 5.41) is 11.7. The summed E-state index contributed by atoms with van der Waals surface area (Å²) in [6.07, 6.45) is 1.28. The van der Waals surface area contributed by atoms with Gasteiger partial charge in [0.1, 0.15) is 0 Å². The van der Waals surface area contributed by atoms with Crippen LogP contribution in [0.25, 0.3) is 0 Å². The summed E-state index contributed by atoms with van der Waals surface area (Å²) in [7, 11) is 3.27. The predicted octanol–water partition coefficient (Wildman–Crippen LogP) is 5.13. The van der Waals surface area contributed by atoms with Gasteiger partial charge >= 0.3 is 5.97 Å². The van der Waals surface area contributed by atoms with E-state index in [1.807, 2.05) is 12.1 Å². The van der Waals surface area contributed by atoms with Gasteiger partial charge in [-0.15, -0.1) is 0 Å². The maximum atomic E-state index is 13.4. The number of benzene rings is 2. The number of carboxylic acids is 1. The van der Waals surface area contributed by atoms with Crippen molar-refractivity contribution in [3.05, 3.63) is 46.1 Å². The van der Waals surface area contributed by atoms with Gasteiger partial charge in [-0.1, -0.05) is 12.1 Å². The number of carboxylic acid groups (broad SMARTS) is 1.